The third-order valence-electron chi connectivity index (χ3n) is 5.26. The number of ether oxygens (including phenoxy) is 2. The molecule has 0 spiro atoms. The van der Waals surface area contributed by atoms with Crippen LogP contribution in [0.3, 0.4) is 0 Å². The Hall–Kier alpha value is -4.02. The third-order valence-corrected chi connectivity index (χ3v) is 5.59. The molecule has 0 fully saturated rings. The Kier molecular flexibility index (Phi) is 7.70. The Morgan fingerprint density at radius 2 is 1.62 bits per heavy atom. The standard InChI is InChI=1S/C26H19ClF3N3O4/c1-36-10-11-37-23-14-31-21-9-5-16(13-22(21)33-23)24(34)15-2-6-18(7-3-15)32-25(35)17-4-8-20(27)19(12-17)26(28,29)30/h2-9,12-14H,10-11H2,1H3,(H,32,35). The van der Waals surface area contributed by atoms with Gasteiger partial charge in [-0.3, -0.25) is 9.59 Å². The lowest BCUT2D eigenvalue weighted by Crippen LogP contribution is -2.14. The van der Waals surface area contributed by atoms with Gasteiger partial charge in [0.2, 0.25) is 5.88 Å². The maximum absolute atomic E-state index is 13.1. The Bertz CT molecular complexity index is 1460. The van der Waals surface area contributed by atoms with Crippen LogP contribution >= 0.6 is 11.6 Å². The van der Waals surface area contributed by atoms with E-state index in [9.17, 15) is 22.8 Å². The largest absolute Gasteiger partial charge is 0.474 e. The number of carbonyl (C=O) groups excluding carboxylic acids is 2. The highest BCUT2D eigenvalue weighted by Gasteiger charge is 2.33. The number of hydrogen-bond acceptors (Lipinski definition) is 6. The summed E-state index contributed by atoms with van der Waals surface area (Å²) in [7, 11) is 1.56. The van der Waals surface area contributed by atoms with Crippen molar-refractivity contribution in [2.75, 3.05) is 25.6 Å². The molecule has 11 heteroatoms. The summed E-state index contributed by atoms with van der Waals surface area (Å²) in [4.78, 5) is 34.1. The second kappa shape index (κ2) is 10.9. The zero-order valence-corrected chi connectivity index (χ0v) is 20.1. The molecule has 0 aliphatic carbocycles. The monoisotopic (exact) mass is 529 g/mol. The van der Waals surface area contributed by atoms with Crippen LogP contribution < -0.4 is 10.1 Å². The molecule has 0 saturated carbocycles. The van der Waals surface area contributed by atoms with E-state index in [1.165, 1.54) is 36.5 Å². The fourth-order valence-electron chi connectivity index (χ4n) is 3.39. The molecule has 190 valence electrons. The predicted molar refractivity (Wildman–Crippen MR) is 131 cm³/mol. The van der Waals surface area contributed by atoms with Crippen molar-refractivity contribution in [3.05, 3.63) is 94.1 Å². The number of hydrogen-bond donors (Lipinski definition) is 1. The lowest BCUT2D eigenvalue weighted by Gasteiger charge is -2.11. The first-order valence-electron chi connectivity index (χ1n) is 10.9. The smallest absolute Gasteiger partial charge is 0.417 e. The van der Waals surface area contributed by atoms with Crippen LogP contribution in [0.4, 0.5) is 18.9 Å². The van der Waals surface area contributed by atoms with E-state index in [1.807, 2.05) is 0 Å². The van der Waals surface area contributed by atoms with Crippen LogP contribution in [0.5, 0.6) is 5.88 Å². The average molecular weight is 530 g/mol. The Balaban J connectivity index is 1.48. The van der Waals surface area contributed by atoms with Gasteiger partial charge in [-0.25, -0.2) is 9.97 Å². The van der Waals surface area contributed by atoms with Gasteiger partial charge in [-0.15, -0.1) is 0 Å². The van der Waals surface area contributed by atoms with Crippen molar-refractivity contribution in [1.82, 2.24) is 9.97 Å². The van der Waals surface area contributed by atoms with E-state index in [0.717, 1.165) is 6.07 Å². The van der Waals surface area contributed by atoms with Gasteiger partial charge in [0.05, 0.1) is 34.4 Å². The highest BCUT2D eigenvalue weighted by Crippen LogP contribution is 2.35. The van der Waals surface area contributed by atoms with Gasteiger partial charge in [-0.05, 0) is 60.7 Å². The van der Waals surface area contributed by atoms with Crippen molar-refractivity contribution in [2.45, 2.75) is 6.18 Å². The molecule has 37 heavy (non-hydrogen) atoms. The van der Waals surface area contributed by atoms with Gasteiger partial charge in [-0.2, -0.15) is 13.2 Å². The topological polar surface area (TPSA) is 90.4 Å². The molecule has 1 amide bonds. The fourth-order valence-corrected chi connectivity index (χ4v) is 3.62. The van der Waals surface area contributed by atoms with Crippen molar-refractivity contribution >= 4 is 40.0 Å². The summed E-state index contributed by atoms with van der Waals surface area (Å²) < 4.78 is 49.6. The molecule has 0 bridgehead atoms. The third kappa shape index (κ3) is 6.22. The summed E-state index contributed by atoms with van der Waals surface area (Å²) in [6.07, 6.45) is -3.21. The second-order valence-electron chi connectivity index (χ2n) is 7.81. The van der Waals surface area contributed by atoms with E-state index in [0.29, 0.717) is 53.0 Å². The van der Waals surface area contributed by atoms with Crippen molar-refractivity contribution in [2.24, 2.45) is 0 Å². The van der Waals surface area contributed by atoms with Crippen molar-refractivity contribution < 1.29 is 32.2 Å². The lowest BCUT2D eigenvalue weighted by molar-refractivity contribution is -0.137. The highest BCUT2D eigenvalue weighted by atomic mass is 35.5. The minimum absolute atomic E-state index is 0.209. The molecule has 0 saturated heterocycles. The normalized spacial score (nSPS) is 11.4. The summed E-state index contributed by atoms with van der Waals surface area (Å²) in [6.45, 7) is 0.697. The predicted octanol–water partition coefficient (Wildman–Crippen LogP) is 5.81. The number of halogens is 4. The average Bonchev–Trinajstić information content (AvgIpc) is 2.88. The van der Waals surface area contributed by atoms with Crippen LogP contribution in [0, 0.1) is 0 Å². The first kappa shape index (κ1) is 26.1. The summed E-state index contributed by atoms with van der Waals surface area (Å²) in [5.74, 6) is -0.741. The number of aromatic nitrogens is 2. The quantitative estimate of drug-likeness (QED) is 0.229. The molecule has 0 atom stereocenters. The van der Waals surface area contributed by atoms with Crippen LogP contribution in [0.15, 0.2) is 66.9 Å². The van der Waals surface area contributed by atoms with E-state index in [4.69, 9.17) is 21.1 Å². The molecule has 4 rings (SSSR count). The molecule has 1 aromatic heterocycles. The maximum Gasteiger partial charge on any atom is 0.417 e. The number of nitrogens with one attached hydrogen (secondary N) is 1. The molecule has 0 unspecified atom stereocenters. The van der Waals surface area contributed by atoms with Crippen molar-refractivity contribution in [3.63, 3.8) is 0 Å². The minimum atomic E-state index is -4.69. The van der Waals surface area contributed by atoms with Crippen LogP contribution in [0.2, 0.25) is 5.02 Å². The van der Waals surface area contributed by atoms with Crippen LogP contribution in [-0.2, 0) is 10.9 Å². The number of alkyl halides is 3. The van der Waals surface area contributed by atoms with Gasteiger partial charge in [0.1, 0.15) is 6.61 Å². The number of rotatable bonds is 8. The molecule has 0 aliphatic rings. The Morgan fingerprint density at radius 1 is 0.919 bits per heavy atom. The number of nitrogens with zero attached hydrogens (tertiary/aromatic N) is 2. The molecule has 0 aliphatic heterocycles. The summed E-state index contributed by atoms with van der Waals surface area (Å²) in [6, 6.07) is 13.8. The van der Waals surface area contributed by atoms with Crippen molar-refractivity contribution in [3.8, 4) is 5.88 Å². The SMILES string of the molecule is COCCOc1cnc2ccc(C(=O)c3ccc(NC(=O)c4ccc(Cl)c(C(F)(F)F)c4)cc3)cc2n1. The number of carbonyl (C=O) groups is 2. The van der Waals surface area contributed by atoms with Gasteiger partial charge in [0, 0.05) is 29.5 Å². The van der Waals surface area contributed by atoms with Crippen LogP contribution in [0.25, 0.3) is 11.0 Å². The molecule has 1 N–H and O–H groups in total. The molecule has 7 nitrogen and oxygen atoms in total. The van der Waals surface area contributed by atoms with E-state index in [2.05, 4.69) is 15.3 Å². The van der Waals surface area contributed by atoms with Gasteiger partial charge in [0.15, 0.2) is 5.78 Å². The number of methoxy groups -OCH3 is 1. The van der Waals surface area contributed by atoms with E-state index < -0.39 is 22.7 Å². The van der Waals surface area contributed by atoms with E-state index in [-0.39, 0.29) is 11.3 Å². The van der Waals surface area contributed by atoms with E-state index in [1.54, 1.807) is 25.3 Å². The highest BCUT2D eigenvalue weighted by molar-refractivity contribution is 6.31. The zero-order valence-electron chi connectivity index (χ0n) is 19.3. The summed E-state index contributed by atoms with van der Waals surface area (Å²) in [5, 5.41) is 2.01. The van der Waals surface area contributed by atoms with Gasteiger partial charge < -0.3 is 14.8 Å². The maximum atomic E-state index is 13.1. The minimum Gasteiger partial charge on any atom is -0.474 e. The lowest BCUT2D eigenvalue weighted by atomic mass is 10.0. The van der Waals surface area contributed by atoms with Gasteiger partial charge >= 0.3 is 6.18 Å². The summed E-state index contributed by atoms with van der Waals surface area (Å²) >= 11 is 5.61. The molecule has 1 heterocycles. The van der Waals surface area contributed by atoms with Crippen molar-refractivity contribution in [1.29, 1.82) is 0 Å². The Labute approximate surface area is 214 Å². The summed E-state index contributed by atoms with van der Waals surface area (Å²) in [5.41, 5.74) is 0.760. The second-order valence-corrected chi connectivity index (χ2v) is 8.21. The number of ketones is 1. The number of anilines is 1. The van der Waals surface area contributed by atoms with E-state index >= 15 is 0 Å². The first-order valence-corrected chi connectivity index (χ1v) is 11.2. The zero-order chi connectivity index (χ0) is 26.6. The Morgan fingerprint density at radius 3 is 2.32 bits per heavy atom. The molecular weight excluding hydrogens is 511 g/mol. The first-order chi connectivity index (χ1) is 17.7. The number of benzene rings is 3. The molecular formula is C26H19ClF3N3O4. The number of amides is 1. The number of fused-ring (bicyclic) bond motifs is 1. The van der Waals surface area contributed by atoms with Crippen LogP contribution in [0.1, 0.15) is 31.8 Å². The fraction of sp³-hybridized carbons (Fsp3) is 0.154. The van der Waals surface area contributed by atoms with Gasteiger partial charge in [0.25, 0.3) is 5.91 Å². The van der Waals surface area contributed by atoms with Gasteiger partial charge in [-0.1, -0.05) is 11.6 Å². The molecule has 3 aromatic carbocycles. The molecule has 4 aromatic rings. The molecule has 0 radical (unpaired) electrons. The van der Waals surface area contributed by atoms with Crippen LogP contribution in [-0.4, -0.2) is 42.0 Å².